The van der Waals surface area contributed by atoms with Gasteiger partial charge in [-0.05, 0) is 78.5 Å². The number of rotatable bonds is 15. The largest absolute Gasteiger partial charge is 0.494 e. The van der Waals surface area contributed by atoms with E-state index in [9.17, 15) is 14.2 Å². The summed E-state index contributed by atoms with van der Waals surface area (Å²) in [5, 5.41) is 0. The molecule has 0 aliphatic rings. The molecular formula is C29H42N5O8P. The number of fused-ring (bicyclic) bond motifs is 1. The lowest BCUT2D eigenvalue weighted by Gasteiger charge is -2.22. The van der Waals surface area contributed by atoms with Crippen molar-refractivity contribution in [1.29, 1.82) is 0 Å². The minimum absolute atomic E-state index is 0.132. The average Bonchev–Trinajstić information content (AvgIpc) is 3.34. The number of unbranched alkanes of at least 4 members (excludes halogenated alkanes) is 2. The number of benzene rings is 1. The fraction of sp³-hybridized carbons (Fsp3) is 0.552. The van der Waals surface area contributed by atoms with E-state index >= 15 is 0 Å². The van der Waals surface area contributed by atoms with Gasteiger partial charge in [0.05, 0.1) is 29.9 Å². The molecule has 0 saturated carbocycles. The van der Waals surface area contributed by atoms with Crippen molar-refractivity contribution in [3.8, 4) is 5.75 Å². The lowest BCUT2D eigenvalue weighted by molar-refractivity contribution is -0.162. The van der Waals surface area contributed by atoms with Gasteiger partial charge < -0.3 is 24.5 Å². The first-order valence-electron chi connectivity index (χ1n) is 14.0. The minimum atomic E-state index is -3.86. The maximum atomic E-state index is 13.5. The van der Waals surface area contributed by atoms with Gasteiger partial charge in [-0.15, -0.1) is 0 Å². The van der Waals surface area contributed by atoms with Crippen molar-refractivity contribution in [3.05, 3.63) is 42.5 Å². The van der Waals surface area contributed by atoms with E-state index < -0.39 is 44.0 Å². The lowest BCUT2D eigenvalue weighted by atomic mass is 9.98. The van der Waals surface area contributed by atoms with Crippen LogP contribution in [0.5, 0.6) is 5.75 Å². The Morgan fingerprint density at radius 1 is 0.860 bits per heavy atom. The van der Waals surface area contributed by atoms with E-state index in [4.69, 9.17) is 29.0 Å². The summed E-state index contributed by atoms with van der Waals surface area (Å²) in [5.41, 5.74) is 6.29. The van der Waals surface area contributed by atoms with Gasteiger partial charge in [-0.2, -0.15) is 0 Å². The van der Waals surface area contributed by atoms with E-state index in [1.807, 2.05) is 4.57 Å². The van der Waals surface area contributed by atoms with E-state index in [0.717, 1.165) is 31.5 Å². The molecule has 0 spiro atoms. The van der Waals surface area contributed by atoms with Crippen LogP contribution >= 0.6 is 7.60 Å². The maximum Gasteiger partial charge on any atom is 0.340 e. The predicted molar refractivity (Wildman–Crippen MR) is 160 cm³/mol. The Labute approximate surface area is 252 Å². The zero-order chi connectivity index (χ0) is 31.7. The fourth-order valence-corrected chi connectivity index (χ4v) is 4.95. The molecule has 0 aliphatic heterocycles. The van der Waals surface area contributed by atoms with Gasteiger partial charge in [0.2, 0.25) is 13.6 Å². The number of anilines is 1. The molecule has 0 unspecified atom stereocenters. The summed E-state index contributed by atoms with van der Waals surface area (Å²) in [6.45, 7) is 10.3. The molecule has 0 amide bonds. The second kappa shape index (κ2) is 14.8. The summed E-state index contributed by atoms with van der Waals surface area (Å²) in [6, 6.07) is 7.02. The van der Waals surface area contributed by atoms with Crippen LogP contribution in [-0.4, -0.2) is 51.7 Å². The van der Waals surface area contributed by atoms with Crippen LogP contribution in [0.1, 0.15) is 66.4 Å². The summed E-state index contributed by atoms with van der Waals surface area (Å²) < 4.78 is 42.3. The molecular weight excluding hydrogens is 577 g/mol. The van der Waals surface area contributed by atoms with Crippen LogP contribution < -0.4 is 10.5 Å². The van der Waals surface area contributed by atoms with Crippen LogP contribution in [0, 0.1) is 10.8 Å². The van der Waals surface area contributed by atoms with Gasteiger partial charge in [0.15, 0.2) is 11.5 Å². The molecule has 0 saturated heterocycles. The Bertz CT molecular complexity index is 1380. The topological polar surface area (TPSA) is 167 Å². The normalized spacial score (nSPS) is 12.3. The lowest BCUT2D eigenvalue weighted by Crippen LogP contribution is -2.24. The average molecular weight is 620 g/mol. The van der Waals surface area contributed by atoms with Gasteiger partial charge in [0.25, 0.3) is 0 Å². The number of imidazole rings is 1. The number of nitrogen functional groups attached to an aromatic ring is 1. The van der Waals surface area contributed by atoms with Crippen molar-refractivity contribution in [2.75, 3.05) is 25.9 Å². The number of carbonyl (C=O) groups excluding carboxylic acids is 2. The van der Waals surface area contributed by atoms with Crippen LogP contribution in [0.15, 0.2) is 36.9 Å². The van der Waals surface area contributed by atoms with E-state index in [1.165, 1.54) is 6.33 Å². The molecule has 43 heavy (non-hydrogen) atoms. The van der Waals surface area contributed by atoms with Gasteiger partial charge in [0, 0.05) is 6.54 Å². The number of ether oxygens (including phenoxy) is 3. The molecule has 2 aromatic heterocycles. The molecule has 13 nitrogen and oxygen atoms in total. The first-order chi connectivity index (χ1) is 20.2. The molecule has 2 N–H and O–H groups in total. The zero-order valence-electron chi connectivity index (χ0n) is 25.7. The fourth-order valence-electron chi connectivity index (χ4n) is 3.61. The highest BCUT2D eigenvalue weighted by molar-refractivity contribution is 7.53. The summed E-state index contributed by atoms with van der Waals surface area (Å²) >= 11 is 0. The molecule has 14 heteroatoms. The number of aromatic nitrogens is 4. The SMILES string of the molecule is CC(C)(C)C(=O)OCOP(=O)(Cc1ccc(OCCCCCn2cnc3c(N)ncnc32)cc1)OCOC(=O)C(C)(C)C. The number of carbonyl (C=O) groups is 2. The third-order valence-corrected chi connectivity index (χ3v) is 7.89. The molecule has 2 heterocycles. The van der Waals surface area contributed by atoms with E-state index in [-0.39, 0.29) is 6.16 Å². The smallest absolute Gasteiger partial charge is 0.340 e. The number of nitrogens with two attached hydrogens (primary N) is 1. The quantitative estimate of drug-likeness (QED) is 0.0986. The van der Waals surface area contributed by atoms with Gasteiger partial charge >= 0.3 is 19.5 Å². The first kappa shape index (κ1) is 34.0. The molecule has 0 fully saturated rings. The highest BCUT2D eigenvalue weighted by Crippen LogP contribution is 2.51. The molecule has 236 valence electrons. The van der Waals surface area contributed by atoms with Gasteiger partial charge in [0.1, 0.15) is 17.6 Å². The van der Waals surface area contributed by atoms with E-state index in [1.54, 1.807) is 72.1 Å². The second-order valence-electron chi connectivity index (χ2n) is 12.0. The number of hydrogen-bond acceptors (Lipinski definition) is 12. The summed E-state index contributed by atoms with van der Waals surface area (Å²) in [7, 11) is -3.86. The number of esters is 2. The van der Waals surface area contributed by atoms with Crippen LogP contribution in [-0.2, 0) is 45.4 Å². The molecule has 0 atom stereocenters. The zero-order valence-corrected chi connectivity index (χ0v) is 26.6. The standard InChI is InChI=1S/C29H42N5O8P/c1-28(2,3)26(35)39-19-41-43(37,42-20-40-27(36)29(4,5)6)16-21-10-12-22(13-11-21)38-15-9-7-8-14-34-18-33-23-24(30)31-17-32-25(23)34/h10-13,17-18H,7-9,14-16,19-20H2,1-6H3,(H2,30,31,32). The highest BCUT2D eigenvalue weighted by Gasteiger charge is 2.30. The molecule has 0 bridgehead atoms. The predicted octanol–water partition coefficient (Wildman–Crippen LogP) is 5.48. The third kappa shape index (κ3) is 10.6. The van der Waals surface area contributed by atoms with Crippen molar-refractivity contribution in [2.24, 2.45) is 10.8 Å². The van der Waals surface area contributed by atoms with Crippen LogP contribution in [0.25, 0.3) is 11.2 Å². The van der Waals surface area contributed by atoms with Crippen molar-refractivity contribution in [1.82, 2.24) is 19.5 Å². The monoisotopic (exact) mass is 619 g/mol. The Hall–Kier alpha value is -3.54. The second-order valence-corrected chi connectivity index (χ2v) is 14.1. The van der Waals surface area contributed by atoms with Crippen molar-refractivity contribution in [2.45, 2.75) is 73.5 Å². The molecule has 3 rings (SSSR count). The number of hydrogen-bond donors (Lipinski definition) is 1. The molecule has 1 aromatic carbocycles. The molecule has 0 radical (unpaired) electrons. The van der Waals surface area contributed by atoms with Crippen molar-refractivity contribution >= 4 is 36.5 Å². The first-order valence-corrected chi connectivity index (χ1v) is 15.8. The van der Waals surface area contributed by atoms with Gasteiger partial charge in [-0.25, -0.2) is 15.0 Å². The molecule has 3 aromatic rings. The van der Waals surface area contributed by atoms with Crippen LogP contribution in [0.2, 0.25) is 0 Å². The summed E-state index contributed by atoms with van der Waals surface area (Å²) in [5.74, 6) is -0.00924. The Morgan fingerprint density at radius 3 is 2.05 bits per heavy atom. The Balaban J connectivity index is 1.47. The molecule has 0 aliphatic carbocycles. The maximum absolute atomic E-state index is 13.5. The van der Waals surface area contributed by atoms with Crippen molar-refractivity contribution in [3.63, 3.8) is 0 Å². The van der Waals surface area contributed by atoms with E-state index in [0.29, 0.717) is 29.3 Å². The third-order valence-electron chi connectivity index (χ3n) is 6.14. The summed E-state index contributed by atoms with van der Waals surface area (Å²) in [4.78, 5) is 36.7. The van der Waals surface area contributed by atoms with Crippen LogP contribution in [0.3, 0.4) is 0 Å². The van der Waals surface area contributed by atoms with E-state index in [2.05, 4.69) is 15.0 Å². The number of nitrogens with zero attached hydrogens (tertiary/aromatic N) is 4. The van der Waals surface area contributed by atoms with Gasteiger partial charge in [-0.3, -0.25) is 23.2 Å². The Kier molecular flexibility index (Phi) is 11.7. The van der Waals surface area contributed by atoms with Gasteiger partial charge in [-0.1, -0.05) is 12.1 Å². The Morgan fingerprint density at radius 2 is 1.47 bits per heavy atom. The minimum Gasteiger partial charge on any atom is -0.494 e. The van der Waals surface area contributed by atoms with Crippen LogP contribution in [0.4, 0.5) is 5.82 Å². The number of aryl methyl sites for hydroxylation is 1. The highest BCUT2D eigenvalue weighted by atomic mass is 31.2. The van der Waals surface area contributed by atoms with Crippen molar-refractivity contribution < 1.29 is 37.4 Å². The summed E-state index contributed by atoms with van der Waals surface area (Å²) in [6.07, 6.45) is 5.73.